The number of nitrogens with zero attached hydrogens (tertiary/aromatic N) is 6. The molecule has 4 heterocycles. The van der Waals surface area contributed by atoms with Crippen LogP contribution in [0.2, 0.25) is 0 Å². The van der Waals surface area contributed by atoms with Crippen LogP contribution in [-0.4, -0.2) is 63.4 Å². The van der Waals surface area contributed by atoms with Gasteiger partial charge in [0.15, 0.2) is 0 Å². The van der Waals surface area contributed by atoms with Crippen LogP contribution in [-0.2, 0) is 0 Å². The van der Waals surface area contributed by atoms with Crippen LogP contribution in [0.5, 0.6) is 0 Å². The first-order chi connectivity index (χ1) is 15.8. The molecule has 1 atom stereocenters. The molecule has 3 fully saturated rings. The van der Waals surface area contributed by atoms with Gasteiger partial charge in [-0.15, -0.1) is 0 Å². The summed E-state index contributed by atoms with van der Waals surface area (Å²) in [5, 5.41) is 4.64. The Morgan fingerprint density at radius 2 is 1.97 bits per heavy atom. The smallest absolute Gasteiger partial charge is 0.0924 e. The minimum absolute atomic E-state index is 0.515. The Bertz CT molecular complexity index is 1090. The normalized spacial score (nSPS) is 25.8. The molecule has 2 aromatic heterocycles. The standard InChI is InChI=1S/C25H33N7/c26-7-1-3-18-11-22(12-18)32-16-19(14-28-32)25-15-27-23-6-5-20(13-24(23)29-25)31-10-9-30-8-2-4-21(30)17-31/h5-6,13-16,18,21-22H,1-4,7-12,17,26H2. The molecule has 0 bridgehead atoms. The molecule has 3 aromatic rings. The maximum absolute atomic E-state index is 5.65. The molecule has 1 aliphatic carbocycles. The molecule has 7 nitrogen and oxygen atoms in total. The van der Waals surface area contributed by atoms with E-state index in [1.807, 2.05) is 12.4 Å². The molecule has 32 heavy (non-hydrogen) atoms. The third-order valence-corrected chi connectivity index (χ3v) is 7.78. The highest BCUT2D eigenvalue weighted by Gasteiger charge is 2.31. The topological polar surface area (TPSA) is 76.1 Å². The molecule has 0 amide bonds. The summed E-state index contributed by atoms with van der Waals surface area (Å²) in [4.78, 5) is 14.8. The number of hydrogen-bond donors (Lipinski definition) is 1. The summed E-state index contributed by atoms with van der Waals surface area (Å²) in [7, 11) is 0. The minimum atomic E-state index is 0.515. The largest absolute Gasteiger partial charge is 0.369 e. The molecule has 1 saturated carbocycles. The van der Waals surface area contributed by atoms with Gasteiger partial charge in [0, 0.05) is 43.1 Å². The van der Waals surface area contributed by atoms with Gasteiger partial charge in [0.25, 0.3) is 0 Å². The summed E-state index contributed by atoms with van der Waals surface area (Å²) in [6, 6.07) is 7.76. The lowest BCUT2D eigenvalue weighted by Crippen LogP contribution is -2.50. The molecule has 2 N–H and O–H groups in total. The number of aromatic nitrogens is 4. The first-order valence-corrected chi connectivity index (χ1v) is 12.3. The van der Waals surface area contributed by atoms with Gasteiger partial charge in [-0.2, -0.15) is 5.10 Å². The van der Waals surface area contributed by atoms with Crippen LogP contribution < -0.4 is 10.6 Å². The van der Waals surface area contributed by atoms with Crippen LogP contribution in [0, 0.1) is 5.92 Å². The van der Waals surface area contributed by atoms with Crippen molar-refractivity contribution < 1.29 is 0 Å². The molecule has 2 aliphatic heterocycles. The van der Waals surface area contributed by atoms with E-state index in [0.717, 1.165) is 54.3 Å². The van der Waals surface area contributed by atoms with E-state index in [9.17, 15) is 0 Å². The van der Waals surface area contributed by atoms with Crippen molar-refractivity contribution in [3.63, 3.8) is 0 Å². The molecule has 1 aromatic carbocycles. The van der Waals surface area contributed by atoms with E-state index < -0.39 is 0 Å². The van der Waals surface area contributed by atoms with Crippen molar-refractivity contribution in [2.75, 3.05) is 37.6 Å². The molecule has 0 radical (unpaired) electrons. The second-order valence-corrected chi connectivity index (χ2v) is 9.84. The highest BCUT2D eigenvalue weighted by atomic mass is 15.3. The predicted molar refractivity (Wildman–Crippen MR) is 128 cm³/mol. The van der Waals surface area contributed by atoms with E-state index in [-0.39, 0.29) is 0 Å². The fraction of sp³-hybridized carbons (Fsp3) is 0.560. The number of benzene rings is 1. The molecule has 7 heteroatoms. The summed E-state index contributed by atoms with van der Waals surface area (Å²) < 4.78 is 2.12. The summed E-state index contributed by atoms with van der Waals surface area (Å²) in [6.07, 6.45) is 13.4. The van der Waals surface area contributed by atoms with Gasteiger partial charge >= 0.3 is 0 Å². The molecule has 6 rings (SSSR count). The molecule has 3 aliphatic rings. The number of rotatable bonds is 6. The van der Waals surface area contributed by atoms with Gasteiger partial charge in [0.2, 0.25) is 0 Å². The fourth-order valence-electron chi connectivity index (χ4n) is 5.79. The van der Waals surface area contributed by atoms with E-state index in [0.29, 0.717) is 12.1 Å². The molecule has 2 saturated heterocycles. The van der Waals surface area contributed by atoms with Crippen LogP contribution in [0.4, 0.5) is 5.69 Å². The Kier molecular flexibility index (Phi) is 5.31. The van der Waals surface area contributed by atoms with Crippen molar-refractivity contribution in [2.45, 2.75) is 50.6 Å². The van der Waals surface area contributed by atoms with Crippen LogP contribution in [0.15, 0.2) is 36.8 Å². The lowest BCUT2D eigenvalue weighted by Gasteiger charge is -2.38. The van der Waals surface area contributed by atoms with Gasteiger partial charge < -0.3 is 10.6 Å². The van der Waals surface area contributed by atoms with Crippen molar-refractivity contribution in [1.82, 2.24) is 24.6 Å². The van der Waals surface area contributed by atoms with Crippen molar-refractivity contribution in [2.24, 2.45) is 11.7 Å². The molecule has 168 valence electrons. The number of piperazine rings is 1. The summed E-state index contributed by atoms with van der Waals surface area (Å²) >= 11 is 0. The zero-order chi connectivity index (χ0) is 21.5. The Labute approximate surface area is 189 Å². The van der Waals surface area contributed by atoms with Crippen LogP contribution in [0.3, 0.4) is 0 Å². The van der Waals surface area contributed by atoms with E-state index in [2.05, 4.69) is 44.0 Å². The lowest BCUT2D eigenvalue weighted by atomic mass is 9.77. The SMILES string of the molecule is NCCCC1CC(n2cc(-c3cnc4ccc(N5CCN6CCCC6C5)cc4n3)cn2)C1. The highest BCUT2D eigenvalue weighted by molar-refractivity contribution is 5.81. The molecule has 1 unspecified atom stereocenters. The van der Waals surface area contributed by atoms with Gasteiger partial charge in [-0.25, -0.2) is 4.98 Å². The van der Waals surface area contributed by atoms with Gasteiger partial charge in [-0.1, -0.05) is 0 Å². The second kappa shape index (κ2) is 8.45. The van der Waals surface area contributed by atoms with E-state index in [1.165, 1.54) is 50.9 Å². The van der Waals surface area contributed by atoms with Crippen LogP contribution >= 0.6 is 0 Å². The van der Waals surface area contributed by atoms with E-state index in [1.54, 1.807) is 0 Å². The van der Waals surface area contributed by atoms with E-state index >= 15 is 0 Å². The Morgan fingerprint density at radius 3 is 2.88 bits per heavy atom. The molecule has 0 spiro atoms. The zero-order valence-corrected chi connectivity index (χ0v) is 18.7. The fourth-order valence-corrected chi connectivity index (χ4v) is 5.79. The average Bonchev–Trinajstić information content (AvgIpc) is 3.47. The Morgan fingerprint density at radius 1 is 1.03 bits per heavy atom. The predicted octanol–water partition coefficient (Wildman–Crippen LogP) is 3.47. The lowest BCUT2D eigenvalue weighted by molar-refractivity contribution is 0.171. The van der Waals surface area contributed by atoms with Crippen LogP contribution in [0.1, 0.15) is 44.6 Å². The van der Waals surface area contributed by atoms with Crippen molar-refractivity contribution in [1.29, 1.82) is 0 Å². The van der Waals surface area contributed by atoms with Gasteiger partial charge in [0.1, 0.15) is 0 Å². The van der Waals surface area contributed by atoms with Gasteiger partial charge in [-0.05, 0) is 75.7 Å². The maximum atomic E-state index is 5.65. The second-order valence-electron chi connectivity index (χ2n) is 9.84. The number of fused-ring (bicyclic) bond motifs is 2. The summed E-state index contributed by atoms with van der Waals surface area (Å²) in [5.74, 6) is 0.807. The van der Waals surface area contributed by atoms with Crippen LogP contribution in [0.25, 0.3) is 22.3 Å². The third-order valence-electron chi connectivity index (χ3n) is 7.78. The zero-order valence-electron chi connectivity index (χ0n) is 18.7. The summed E-state index contributed by atoms with van der Waals surface area (Å²) in [5.41, 5.74) is 10.8. The number of hydrogen-bond acceptors (Lipinski definition) is 6. The highest BCUT2D eigenvalue weighted by Crippen LogP contribution is 2.40. The molecular formula is C25H33N7. The number of nitrogens with two attached hydrogens (primary N) is 1. The first kappa shape index (κ1) is 20.1. The monoisotopic (exact) mass is 431 g/mol. The minimum Gasteiger partial charge on any atom is -0.369 e. The van der Waals surface area contributed by atoms with Crippen molar-refractivity contribution >= 4 is 16.7 Å². The maximum Gasteiger partial charge on any atom is 0.0924 e. The molecular weight excluding hydrogens is 398 g/mol. The van der Waals surface area contributed by atoms with Gasteiger partial charge in [-0.3, -0.25) is 14.6 Å². The Hall–Kier alpha value is -2.51. The Balaban J connectivity index is 1.19. The average molecular weight is 432 g/mol. The third kappa shape index (κ3) is 3.77. The first-order valence-electron chi connectivity index (χ1n) is 12.3. The van der Waals surface area contributed by atoms with E-state index in [4.69, 9.17) is 15.7 Å². The quantitative estimate of drug-likeness (QED) is 0.644. The summed E-state index contributed by atoms with van der Waals surface area (Å²) in [6.45, 7) is 5.46. The van der Waals surface area contributed by atoms with Crippen molar-refractivity contribution in [3.05, 3.63) is 36.8 Å². The van der Waals surface area contributed by atoms with Gasteiger partial charge in [0.05, 0.1) is 35.2 Å². The number of anilines is 1. The van der Waals surface area contributed by atoms with Crippen molar-refractivity contribution in [3.8, 4) is 11.3 Å².